The third-order valence-corrected chi connectivity index (χ3v) is 5.02. The number of hydrazone groups is 1. The maximum atomic E-state index is 13.3. The first-order valence-corrected chi connectivity index (χ1v) is 10.4. The van der Waals surface area contributed by atoms with Crippen molar-refractivity contribution in [2.24, 2.45) is 5.10 Å². The number of rotatable bonds is 7. The topological polar surface area (TPSA) is 89.0 Å². The van der Waals surface area contributed by atoms with Crippen molar-refractivity contribution in [3.05, 3.63) is 86.7 Å². The van der Waals surface area contributed by atoms with E-state index < -0.39 is 17.6 Å². The molecule has 0 spiro atoms. The lowest BCUT2D eigenvalue weighted by atomic mass is 10.1. The normalized spacial score (nSPS) is 10.6. The van der Waals surface area contributed by atoms with Crippen LogP contribution in [0, 0.1) is 9.39 Å². The molecule has 2 N–H and O–H groups in total. The minimum Gasteiger partial charge on any atom is -0.493 e. The zero-order valence-corrected chi connectivity index (χ0v) is 19.3. The summed E-state index contributed by atoms with van der Waals surface area (Å²) in [6, 6.07) is 15.6. The fraction of sp³-hybridized carbons (Fsp3) is 0.0870. The van der Waals surface area contributed by atoms with Crippen LogP contribution in [0.3, 0.4) is 0 Å². The van der Waals surface area contributed by atoms with E-state index in [1.165, 1.54) is 32.6 Å². The summed E-state index contributed by atoms with van der Waals surface area (Å²) in [7, 11) is 2.98. The van der Waals surface area contributed by atoms with Gasteiger partial charge in [0, 0.05) is 9.13 Å². The number of benzene rings is 3. The molecule has 3 aromatic rings. The monoisotopic (exact) mass is 547 g/mol. The second-order valence-electron chi connectivity index (χ2n) is 6.47. The Labute approximate surface area is 197 Å². The Balaban J connectivity index is 1.78. The van der Waals surface area contributed by atoms with Crippen molar-refractivity contribution in [1.82, 2.24) is 5.43 Å². The summed E-state index contributed by atoms with van der Waals surface area (Å²) in [5.74, 6) is -0.455. The summed E-state index contributed by atoms with van der Waals surface area (Å²) in [6.45, 7) is 0. The van der Waals surface area contributed by atoms with Crippen molar-refractivity contribution < 1.29 is 23.5 Å². The summed E-state index contributed by atoms with van der Waals surface area (Å²) >= 11 is 2.07. The van der Waals surface area contributed by atoms with Crippen molar-refractivity contribution >= 4 is 46.3 Å². The third-order valence-electron chi connectivity index (χ3n) is 4.35. The Morgan fingerprint density at radius 3 is 2.47 bits per heavy atom. The zero-order chi connectivity index (χ0) is 23.1. The van der Waals surface area contributed by atoms with Crippen LogP contribution in [0.5, 0.6) is 11.5 Å². The molecular weight excluding hydrogens is 528 g/mol. The molecule has 3 aromatic carbocycles. The van der Waals surface area contributed by atoms with Crippen LogP contribution in [0.1, 0.15) is 26.3 Å². The first-order valence-electron chi connectivity index (χ1n) is 9.33. The van der Waals surface area contributed by atoms with E-state index in [9.17, 15) is 14.0 Å². The highest BCUT2D eigenvalue weighted by Crippen LogP contribution is 2.28. The minimum atomic E-state index is -0.529. The van der Waals surface area contributed by atoms with Crippen LogP contribution in [0.2, 0.25) is 0 Å². The van der Waals surface area contributed by atoms with E-state index >= 15 is 0 Å². The molecule has 0 radical (unpaired) electrons. The average Bonchev–Trinajstić information content (AvgIpc) is 2.79. The van der Waals surface area contributed by atoms with Gasteiger partial charge < -0.3 is 14.8 Å². The van der Waals surface area contributed by atoms with Gasteiger partial charge in [0.1, 0.15) is 5.82 Å². The lowest BCUT2D eigenvalue weighted by molar-refractivity contribution is 0.0956. The molecular formula is C23H19FIN3O4. The highest BCUT2D eigenvalue weighted by Gasteiger charge is 2.16. The number of methoxy groups -OCH3 is 2. The Hall–Kier alpha value is -3.47. The molecule has 0 aliphatic heterocycles. The van der Waals surface area contributed by atoms with Crippen LogP contribution >= 0.6 is 22.6 Å². The number of amides is 2. The first kappa shape index (κ1) is 23.2. The standard InChI is InChI=1S/C23H19FIN3O4/c1-31-20-9-6-15(11-21(20)32-2)22(29)27-19-8-7-17(25)12-18(19)23(30)28-26-13-14-4-3-5-16(24)10-14/h3-13H,1-2H3,(H,27,29)(H,28,30)/b26-13+. The van der Waals surface area contributed by atoms with Gasteiger partial charge in [0.2, 0.25) is 0 Å². The number of carbonyl (C=O) groups excluding carboxylic acids is 2. The van der Waals surface area contributed by atoms with Crippen molar-refractivity contribution in [2.45, 2.75) is 0 Å². The Bertz CT molecular complexity index is 1180. The van der Waals surface area contributed by atoms with Crippen molar-refractivity contribution in [3.63, 3.8) is 0 Å². The average molecular weight is 547 g/mol. The van der Waals surface area contributed by atoms with Gasteiger partial charge in [-0.3, -0.25) is 9.59 Å². The van der Waals surface area contributed by atoms with Crippen LogP contribution in [0.15, 0.2) is 65.8 Å². The molecule has 0 aromatic heterocycles. The molecule has 0 aliphatic carbocycles. The molecule has 0 fully saturated rings. The summed E-state index contributed by atoms with van der Waals surface area (Å²) < 4.78 is 24.5. The number of halogens is 2. The number of hydrogen-bond acceptors (Lipinski definition) is 5. The summed E-state index contributed by atoms with van der Waals surface area (Å²) in [4.78, 5) is 25.5. The molecule has 2 amide bonds. The van der Waals surface area contributed by atoms with Crippen molar-refractivity contribution in [3.8, 4) is 11.5 Å². The van der Waals surface area contributed by atoms with Gasteiger partial charge >= 0.3 is 0 Å². The van der Waals surface area contributed by atoms with Gasteiger partial charge in [-0.2, -0.15) is 5.10 Å². The van der Waals surface area contributed by atoms with Crippen molar-refractivity contribution in [1.29, 1.82) is 0 Å². The molecule has 0 bridgehead atoms. The van der Waals surface area contributed by atoms with Gasteiger partial charge in [0.25, 0.3) is 11.8 Å². The molecule has 3 rings (SSSR count). The van der Waals surface area contributed by atoms with Crippen LogP contribution in [0.25, 0.3) is 0 Å². The highest BCUT2D eigenvalue weighted by molar-refractivity contribution is 14.1. The van der Waals surface area contributed by atoms with Gasteiger partial charge in [-0.25, -0.2) is 9.82 Å². The van der Waals surface area contributed by atoms with Crippen LogP contribution in [-0.4, -0.2) is 32.2 Å². The molecule has 32 heavy (non-hydrogen) atoms. The van der Waals surface area contributed by atoms with Gasteiger partial charge in [0.15, 0.2) is 11.5 Å². The van der Waals surface area contributed by atoms with Gasteiger partial charge in [0.05, 0.1) is 31.7 Å². The van der Waals surface area contributed by atoms with Gasteiger partial charge in [-0.1, -0.05) is 12.1 Å². The molecule has 164 valence electrons. The Morgan fingerprint density at radius 1 is 0.969 bits per heavy atom. The van der Waals surface area contributed by atoms with E-state index in [2.05, 4.69) is 38.4 Å². The molecule has 0 saturated heterocycles. The van der Waals surface area contributed by atoms with Crippen LogP contribution in [-0.2, 0) is 0 Å². The largest absolute Gasteiger partial charge is 0.493 e. The lowest BCUT2D eigenvalue weighted by Crippen LogP contribution is -2.21. The fourth-order valence-electron chi connectivity index (χ4n) is 2.80. The Kier molecular flexibility index (Phi) is 7.77. The first-order chi connectivity index (χ1) is 15.4. The number of nitrogens with one attached hydrogen (secondary N) is 2. The molecule has 0 unspecified atom stereocenters. The van der Waals surface area contributed by atoms with Gasteiger partial charge in [-0.15, -0.1) is 0 Å². The summed E-state index contributed by atoms with van der Waals surface area (Å²) in [5.41, 5.74) is 3.76. The van der Waals surface area contributed by atoms with Gasteiger partial charge in [-0.05, 0) is 76.7 Å². The molecule has 0 saturated carbocycles. The highest BCUT2D eigenvalue weighted by atomic mass is 127. The summed E-state index contributed by atoms with van der Waals surface area (Å²) in [5, 5.41) is 6.61. The van der Waals surface area contributed by atoms with E-state index in [0.717, 1.165) is 3.57 Å². The maximum absolute atomic E-state index is 13.3. The predicted octanol–water partition coefficient (Wildman–Crippen LogP) is 4.46. The second kappa shape index (κ2) is 10.7. The van der Waals surface area contributed by atoms with E-state index in [-0.39, 0.29) is 5.56 Å². The summed E-state index contributed by atoms with van der Waals surface area (Å²) in [6.07, 6.45) is 1.33. The van der Waals surface area contributed by atoms with Crippen LogP contribution < -0.4 is 20.2 Å². The van der Waals surface area contributed by atoms with E-state index in [1.807, 2.05) is 0 Å². The molecule has 0 heterocycles. The number of hydrogen-bond donors (Lipinski definition) is 2. The Morgan fingerprint density at radius 2 is 1.75 bits per heavy atom. The quantitative estimate of drug-likeness (QED) is 0.260. The SMILES string of the molecule is COc1ccc(C(=O)Nc2ccc(I)cc2C(=O)N/N=C/c2cccc(F)c2)cc1OC. The molecule has 9 heteroatoms. The number of carbonyl (C=O) groups is 2. The second-order valence-corrected chi connectivity index (χ2v) is 7.71. The predicted molar refractivity (Wildman–Crippen MR) is 128 cm³/mol. The zero-order valence-electron chi connectivity index (χ0n) is 17.2. The molecule has 7 nitrogen and oxygen atoms in total. The van der Waals surface area contributed by atoms with E-state index in [1.54, 1.807) is 48.5 Å². The lowest BCUT2D eigenvalue weighted by Gasteiger charge is -2.12. The third kappa shape index (κ3) is 5.82. The molecule has 0 atom stereocenters. The smallest absolute Gasteiger partial charge is 0.273 e. The maximum Gasteiger partial charge on any atom is 0.273 e. The van der Waals surface area contributed by atoms with E-state index in [4.69, 9.17) is 9.47 Å². The minimum absolute atomic E-state index is 0.224. The fourth-order valence-corrected chi connectivity index (χ4v) is 3.29. The van der Waals surface area contributed by atoms with E-state index in [0.29, 0.717) is 28.3 Å². The van der Waals surface area contributed by atoms with Crippen molar-refractivity contribution in [2.75, 3.05) is 19.5 Å². The number of ether oxygens (including phenoxy) is 2. The number of nitrogens with zero attached hydrogens (tertiary/aromatic N) is 1. The number of anilines is 1. The molecule has 0 aliphatic rings. The van der Waals surface area contributed by atoms with Crippen LogP contribution in [0.4, 0.5) is 10.1 Å².